The van der Waals surface area contributed by atoms with E-state index in [1.54, 1.807) is 0 Å². The van der Waals surface area contributed by atoms with Crippen molar-refractivity contribution < 1.29 is 9.05 Å². The molecule has 2 heterocycles. The van der Waals surface area contributed by atoms with Crippen molar-refractivity contribution in [2.75, 3.05) is 14.1 Å². The van der Waals surface area contributed by atoms with Crippen molar-refractivity contribution in [1.82, 2.24) is 9.34 Å². The van der Waals surface area contributed by atoms with Crippen molar-refractivity contribution in [3.05, 3.63) is 71.8 Å². The van der Waals surface area contributed by atoms with Crippen LogP contribution in [0.5, 0.6) is 0 Å². The van der Waals surface area contributed by atoms with Gasteiger partial charge in [0.15, 0.2) is 12.2 Å². The zero-order valence-electron chi connectivity index (χ0n) is 15.2. The zero-order valence-corrected chi connectivity index (χ0v) is 16.1. The van der Waals surface area contributed by atoms with Crippen LogP contribution >= 0.6 is 8.02 Å². The molecular weight excluding hydrogens is 331 g/mol. The fraction of sp³-hybridized carbons (Fsp3) is 0.400. The maximum Gasteiger partial charge on any atom is 0.437 e. The lowest BCUT2D eigenvalue weighted by molar-refractivity contribution is 0.166. The van der Waals surface area contributed by atoms with Gasteiger partial charge in [-0.25, -0.2) is 0 Å². The summed E-state index contributed by atoms with van der Waals surface area (Å²) >= 11 is 0. The summed E-state index contributed by atoms with van der Waals surface area (Å²) in [6.45, 7) is 4.45. The van der Waals surface area contributed by atoms with Crippen LogP contribution in [0.3, 0.4) is 0 Å². The van der Waals surface area contributed by atoms with E-state index in [4.69, 9.17) is 9.05 Å². The lowest BCUT2D eigenvalue weighted by atomic mass is 10.0. The summed E-state index contributed by atoms with van der Waals surface area (Å²) in [6, 6.07) is 21.5. The van der Waals surface area contributed by atoms with Gasteiger partial charge in [-0.1, -0.05) is 60.7 Å². The van der Waals surface area contributed by atoms with Crippen LogP contribution in [0.4, 0.5) is 0 Å². The van der Waals surface area contributed by atoms with Crippen molar-refractivity contribution in [3.63, 3.8) is 0 Å². The van der Waals surface area contributed by atoms with Crippen molar-refractivity contribution in [2.45, 2.75) is 38.1 Å². The van der Waals surface area contributed by atoms with E-state index in [0.29, 0.717) is 0 Å². The molecule has 0 saturated carbocycles. The third-order valence-electron chi connectivity index (χ3n) is 5.61. The van der Waals surface area contributed by atoms with Gasteiger partial charge < -0.3 is 0 Å². The van der Waals surface area contributed by atoms with Crippen LogP contribution in [0.1, 0.15) is 37.2 Å². The lowest BCUT2D eigenvalue weighted by Crippen LogP contribution is -2.31. The van der Waals surface area contributed by atoms with Crippen LogP contribution in [0.15, 0.2) is 60.7 Å². The van der Waals surface area contributed by atoms with Gasteiger partial charge in [0.2, 0.25) is 0 Å². The Hall–Kier alpha value is -1.29. The largest absolute Gasteiger partial charge is 0.437 e. The molecule has 1 spiro atoms. The number of nitrogens with zero attached hydrogens (tertiary/aromatic N) is 2. The van der Waals surface area contributed by atoms with Gasteiger partial charge in [-0.05, 0) is 25.0 Å². The predicted octanol–water partition coefficient (Wildman–Crippen LogP) is 4.85. The quantitative estimate of drug-likeness (QED) is 0.718. The second kappa shape index (κ2) is 6.46. The molecule has 2 aliphatic rings. The highest BCUT2D eigenvalue weighted by Crippen LogP contribution is 2.79. The summed E-state index contributed by atoms with van der Waals surface area (Å²) in [6.07, 6.45) is 0.0624. The first-order valence-electron chi connectivity index (χ1n) is 8.87. The minimum atomic E-state index is -2.27. The van der Waals surface area contributed by atoms with E-state index in [2.05, 4.69) is 85.8 Å². The molecule has 2 aromatic rings. The molecule has 0 bridgehead atoms. The SMILES string of the molecule is CC1C(c2ccccc2)O[P+]2(OC(c3ccccc3)C(C)N2C)N1C. The molecule has 2 aliphatic heterocycles. The summed E-state index contributed by atoms with van der Waals surface area (Å²) in [5.74, 6) is 0. The Kier molecular flexibility index (Phi) is 4.43. The van der Waals surface area contributed by atoms with Gasteiger partial charge in [-0.3, -0.25) is 0 Å². The van der Waals surface area contributed by atoms with Gasteiger partial charge in [0, 0.05) is 14.1 Å². The van der Waals surface area contributed by atoms with Crippen molar-refractivity contribution in [3.8, 4) is 0 Å². The van der Waals surface area contributed by atoms with E-state index in [-0.39, 0.29) is 24.3 Å². The number of rotatable bonds is 2. The summed E-state index contributed by atoms with van der Waals surface area (Å²) in [5, 5.41) is 0. The molecule has 0 aromatic heterocycles. The second-order valence-corrected chi connectivity index (χ2v) is 9.66. The number of hydrogen-bond donors (Lipinski definition) is 0. The summed E-state index contributed by atoms with van der Waals surface area (Å²) in [7, 11) is 2.01. The van der Waals surface area contributed by atoms with E-state index in [9.17, 15) is 0 Å². The standard InChI is InChI=1S/C20H26N2O2P/c1-15-19(17-11-7-5-8-12-17)23-25(21(15)3)22(4)16(2)20(24-25)18-13-9-6-10-14-18/h5-16,19-20H,1-4H3/q+1. The van der Waals surface area contributed by atoms with Gasteiger partial charge in [0.1, 0.15) is 0 Å². The molecule has 4 rings (SSSR count). The molecule has 0 amide bonds. The van der Waals surface area contributed by atoms with E-state index in [1.165, 1.54) is 11.1 Å². The van der Waals surface area contributed by atoms with Crippen LogP contribution in [0, 0.1) is 0 Å². The molecular formula is C20H26N2O2P+. The van der Waals surface area contributed by atoms with E-state index in [0.717, 1.165) is 0 Å². The number of benzene rings is 2. The smallest absolute Gasteiger partial charge is 0.162 e. The molecule has 2 saturated heterocycles. The average molecular weight is 357 g/mol. The summed E-state index contributed by atoms with van der Waals surface area (Å²) in [5.41, 5.74) is 2.43. The minimum Gasteiger partial charge on any atom is -0.162 e. The maximum absolute atomic E-state index is 6.70. The van der Waals surface area contributed by atoms with Crippen LogP contribution in [-0.2, 0) is 9.05 Å². The molecule has 4 atom stereocenters. The van der Waals surface area contributed by atoms with Crippen LogP contribution in [0.25, 0.3) is 0 Å². The van der Waals surface area contributed by atoms with Gasteiger partial charge in [0.05, 0.1) is 12.1 Å². The number of hydrogen-bond acceptors (Lipinski definition) is 4. The van der Waals surface area contributed by atoms with Crippen molar-refractivity contribution >= 4 is 8.02 Å². The highest BCUT2D eigenvalue weighted by molar-refractivity contribution is 7.62. The molecule has 25 heavy (non-hydrogen) atoms. The van der Waals surface area contributed by atoms with Crippen LogP contribution < -0.4 is 0 Å². The molecule has 4 nitrogen and oxygen atoms in total. The molecule has 0 radical (unpaired) electrons. The molecule has 0 aliphatic carbocycles. The first-order chi connectivity index (χ1) is 12.0. The Balaban J connectivity index is 1.67. The Morgan fingerprint density at radius 3 is 1.40 bits per heavy atom. The number of likely N-dealkylation sites (N-methyl/N-ethyl adjacent to an activating group) is 2. The van der Waals surface area contributed by atoms with Crippen molar-refractivity contribution in [1.29, 1.82) is 0 Å². The highest BCUT2D eigenvalue weighted by atomic mass is 31.2. The summed E-state index contributed by atoms with van der Waals surface area (Å²) < 4.78 is 18.0. The van der Waals surface area contributed by atoms with Gasteiger partial charge >= 0.3 is 8.02 Å². The Morgan fingerprint density at radius 1 is 0.680 bits per heavy atom. The van der Waals surface area contributed by atoms with Gasteiger partial charge in [0.25, 0.3) is 0 Å². The maximum atomic E-state index is 6.70. The fourth-order valence-electron chi connectivity index (χ4n) is 3.83. The first kappa shape index (κ1) is 17.1. The van der Waals surface area contributed by atoms with Gasteiger partial charge in [-0.2, -0.15) is 9.05 Å². The molecule has 5 heteroatoms. The predicted molar refractivity (Wildman–Crippen MR) is 102 cm³/mol. The summed E-state index contributed by atoms with van der Waals surface area (Å²) in [4.78, 5) is 0. The molecule has 0 N–H and O–H groups in total. The molecule has 2 aromatic carbocycles. The topological polar surface area (TPSA) is 24.9 Å². The third-order valence-corrected chi connectivity index (χ3v) is 8.94. The Labute approximate surface area is 151 Å². The van der Waals surface area contributed by atoms with Crippen molar-refractivity contribution in [2.24, 2.45) is 0 Å². The van der Waals surface area contributed by atoms with Crippen LogP contribution in [-0.4, -0.2) is 35.5 Å². The Morgan fingerprint density at radius 2 is 1.04 bits per heavy atom. The molecule has 2 fully saturated rings. The zero-order chi connectivity index (χ0) is 17.6. The van der Waals surface area contributed by atoms with E-state index >= 15 is 0 Å². The highest BCUT2D eigenvalue weighted by Gasteiger charge is 2.71. The normalized spacial score (nSPS) is 36.3. The third kappa shape index (κ3) is 2.64. The Bertz CT molecular complexity index is 663. The average Bonchev–Trinajstić information content (AvgIpc) is 3.07. The van der Waals surface area contributed by atoms with E-state index in [1.807, 2.05) is 12.1 Å². The second-order valence-electron chi connectivity index (χ2n) is 6.99. The molecule has 132 valence electrons. The van der Waals surface area contributed by atoms with Gasteiger partial charge in [-0.15, -0.1) is 9.34 Å². The minimum absolute atomic E-state index is 0.0312. The van der Waals surface area contributed by atoms with E-state index < -0.39 is 8.02 Å². The van der Waals surface area contributed by atoms with Crippen LogP contribution in [0.2, 0.25) is 0 Å². The monoisotopic (exact) mass is 357 g/mol. The lowest BCUT2D eigenvalue weighted by Gasteiger charge is -2.24. The first-order valence-corrected chi connectivity index (χ1v) is 10.4. The molecule has 4 unspecified atom stereocenters. The fourth-order valence-corrected chi connectivity index (χ4v) is 7.27.